The smallest absolute Gasteiger partial charge is 0.288 e. The number of nitrogens with one attached hydrogen (secondary N) is 1. The first-order valence-corrected chi connectivity index (χ1v) is 6.71. The van der Waals surface area contributed by atoms with Crippen molar-refractivity contribution < 1.29 is 8.78 Å². The number of halogens is 2. The van der Waals surface area contributed by atoms with Gasteiger partial charge in [-0.05, 0) is 25.1 Å². The van der Waals surface area contributed by atoms with Gasteiger partial charge in [0.25, 0.3) is 5.76 Å². The van der Waals surface area contributed by atoms with Crippen LogP contribution in [0.1, 0.15) is 11.4 Å². The lowest BCUT2D eigenvalue weighted by Crippen LogP contribution is -2.06. The molecular weight excluding hydrogens is 268 g/mol. The molecule has 0 saturated carbocycles. The first kappa shape index (κ1) is 13.9. The molecule has 102 valence electrons. The highest BCUT2D eigenvalue weighted by atomic mass is 32.2. The fourth-order valence-corrected chi connectivity index (χ4v) is 2.44. The van der Waals surface area contributed by atoms with Crippen molar-refractivity contribution in [3.05, 3.63) is 41.7 Å². The number of nitrogens with zero attached hydrogens (tertiary/aromatic N) is 2. The minimum absolute atomic E-state index is 0.551. The summed E-state index contributed by atoms with van der Waals surface area (Å²) in [7, 11) is 1.86. The van der Waals surface area contributed by atoms with Crippen molar-refractivity contribution in [2.75, 3.05) is 5.32 Å². The van der Waals surface area contributed by atoms with Crippen LogP contribution in [0.5, 0.6) is 0 Å². The average molecular weight is 283 g/mol. The summed E-state index contributed by atoms with van der Waals surface area (Å²) in [4.78, 5) is 0.552. The number of hydrogen-bond donors (Lipinski definition) is 1. The van der Waals surface area contributed by atoms with E-state index < -0.39 is 5.76 Å². The van der Waals surface area contributed by atoms with Crippen LogP contribution in [0.15, 0.2) is 35.2 Å². The maximum atomic E-state index is 12.5. The summed E-state index contributed by atoms with van der Waals surface area (Å²) >= 11 is 0.551. The number of anilines is 1. The third-order valence-corrected chi connectivity index (χ3v) is 3.45. The lowest BCUT2D eigenvalue weighted by molar-refractivity contribution is 0.252. The average Bonchev–Trinajstić information content (AvgIpc) is 2.66. The number of aromatic nitrogens is 2. The molecule has 0 bridgehead atoms. The minimum atomic E-state index is -2.41. The molecule has 2 aromatic rings. The molecule has 0 spiro atoms. The predicted molar refractivity (Wildman–Crippen MR) is 73.6 cm³/mol. The molecule has 0 amide bonds. The van der Waals surface area contributed by atoms with Crippen molar-refractivity contribution in [2.24, 2.45) is 7.05 Å². The molecule has 1 N–H and O–H groups in total. The Hall–Kier alpha value is -1.56. The van der Waals surface area contributed by atoms with Gasteiger partial charge in [-0.15, -0.1) is 0 Å². The van der Waals surface area contributed by atoms with E-state index in [0.717, 1.165) is 11.4 Å². The quantitative estimate of drug-likeness (QED) is 0.849. The molecule has 0 unspecified atom stereocenters. The number of thioether (sulfide) groups is 1. The normalized spacial score (nSPS) is 11.0. The Balaban J connectivity index is 2.09. The van der Waals surface area contributed by atoms with Crippen LogP contribution in [-0.2, 0) is 13.6 Å². The van der Waals surface area contributed by atoms with E-state index in [1.165, 1.54) is 0 Å². The SMILES string of the molecule is Cc1cc(CNc2ccccc2SC(F)F)n(C)n1. The van der Waals surface area contributed by atoms with E-state index >= 15 is 0 Å². The molecule has 2 rings (SSSR count). The molecule has 0 fully saturated rings. The third-order valence-electron chi connectivity index (χ3n) is 2.66. The Morgan fingerprint density at radius 2 is 2.11 bits per heavy atom. The van der Waals surface area contributed by atoms with Crippen molar-refractivity contribution in [3.8, 4) is 0 Å². The van der Waals surface area contributed by atoms with Gasteiger partial charge in [0.2, 0.25) is 0 Å². The monoisotopic (exact) mass is 283 g/mol. The molecule has 19 heavy (non-hydrogen) atoms. The van der Waals surface area contributed by atoms with Crippen molar-refractivity contribution in [1.29, 1.82) is 0 Å². The van der Waals surface area contributed by atoms with Gasteiger partial charge in [-0.2, -0.15) is 13.9 Å². The van der Waals surface area contributed by atoms with Crippen molar-refractivity contribution in [1.82, 2.24) is 9.78 Å². The Morgan fingerprint density at radius 3 is 2.74 bits per heavy atom. The van der Waals surface area contributed by atoms with E-state index in [1.807, 2.05) is 26.1 Å². The van der Waals surface area contributed by atoms with Gasteiger partial charge >= 0.3 is 0 Å². The summed E-state index contributed by atoms with van der Waals surface area (Å²) in [6.07, 6.45) is 0. The summed E-state index contributed by atoms with van der Waals surface area (Å²) < 4.78 is 26.7. The number of alkyl halides is 2. The first-order chi connectivity index (χ1) is 9.06. The van der Waals surface area contributed by atoms with Crippen LogP contribution in [0.4, 0.5) is 14.5 Å². The molecule has 1 aromatic carbocycles. The van der Waals surface area contributed by atoms with Gasteiger partial charge in [-0.3, -0.25) is 4.68 Å². The number of para-hydroxylation sites is 1. The molecule has 6 heteroatoms. The van der Waals surface area contributed by atoms with Gasteiger partial charge in [-0.25, -0.2) is 0 Å². The number of aryl methyl sites for hydroxylation is 2. The minimum Gasteiger partial charge on any atom is -0.378 e. The molecule has 0 radical (unpaired) electrons. The van der Waals surface area contributed by atoms with Crippen molar-refractivity contribution in [2.45, 2.75) is 24.1 Å². The Labute approximate surface area is 115 Å². The van der Waals surface area contributed by atoms with Crippen LogP contribution in [0, 0.1) is 6.92 Å². The molecule has 3 nitrogen and oxygen atoms in total. The van der Waals surface area contributed by atoms with Crippen LogP contribution in [0.25, 0.3) is 0 Å². The zero-order chi connectivity index (χ0) is 13.8. The van der Waals surface area contributed by atoms with Gasteiger partial charge < -0.3 is 5.32 Å². The van der Waals surface area contributed by atoms with Crippen molar-refractivity contribution >= 4 is 17.4 Å². The summed E-state index contributed by atoms with van der Waals surface area (Å²) in [5.74, 6) is -2.41. The predicted octanol–water partition coefficient (Wildman–Crippen LogP) is 3.66. The van der Waals surface area contributed by atoms with Crippen LogP contribution in [-0.4, -0.2) is 15.5 Å². The van der Waals surface area contributed by atoms with Gasteiger partial charge in [0.1, 0.15) is 0 Å². The fraction of sp³-hybridized carbons (Fsp3) is 0.308. The lowest BCUT2D eigenvalue weighted by Gasteiger charge is -2.11. The summed E-state index contributed by atoms with van der Waals surface area (Å²) in [6, 6.07) is 9.04. The maximum Gasteiger partial charge on any atom is 0.288 e. The highest BCUT2D eigenvalue weighted by Crippen LogP contribution is 2.31. The van der Waals surface area contributed by atoms with Crippen LogP contribution in [0.3, 0.4) is 0 Å². The highest BCUT2D eigenvalue weighted by molar-refractivity contribution is 7.99. The second kappa shape index (κ2) is 6.06. The van der Waals surface area contributed by atoms with E-state index in [2.05, 4.69) is 10.4 Å². The van der Waals surface area contributed by atoms with Crippen molar-refractivity contribution in [3.63, 3.8) is 0 Å². The van der Waals surface area contributed by atoms with Crippen LogP contribution in [0.2, 0.25) is 0 Å². The molecule has 0 aliphatic rings. The van der Waals surface area contributed by atoms with E-state index in [4.69, 9.17) is 0 Å². The summed E-state index contributed by atoms with van der Waals surface area (Å²) in [6.45, 7) is 2.47. The Bertz CT molecular complexity index is 555. The van der Waals surface area contributed by atoms with Gasteiger partial charge in [0, 0.05) is 17.6 Å². The molecule has 1 heterocycles. The molecule has 0 aliphatic carbocycles. The molecule has 0 saturated heterocycles. The molecular formula is C13H15F2N3S. The Morgan fingerprint density at radius 1 is 1.37 bits per heavy atom. The summed E-state index contributed by atoms with van der Waals surface area (Å²) in [5, 5.41) is 7.42. The maximum absolute atomic E-state index is 12.5. The van der Waals surface area contributed by atoms with E-state index in [0.29, 0.717) is 28.9 Å². The van der Waals surface area contributed by atoms with Gasteiger partial charge in [-0.1, -0.05) is 23.9 Å². The number of hydrogen-bond acceptors (Lipinski definition) is 3. The van der Waals surface area contributed by atoms with E-state index in [9.17, 15) is 8.78 Å². The molecule has 0 aliphatic heterocycles. The van der Waals surface area contributed by atoms with Gasteiger partial charge in [0.05, 0.1) is 17.9 Å². The highest BCUT2D eigenvalue weighted by Gasteiger charge is 2.10. The molecule has 0 atom stereocenters. The Kier molecular flexibility index (Phi) is 4.42. The number of rotatable bonds is 5. The van der Waals surface area contributed by atoms with E-state index in [1.54, 1.807) is 22.9 Å². The van der Waals surface area contributed by atoms with Crippen LogP contribution < -0.4 is 5.32 Å². The molecule has 1 aromatic heterocycles. The lowest BCUT2D eigenvalue weighted by atomic mass is 10.3. The van der Waals surface area contributed by atoms with Gasteiger partial charge in [0.15, 0.2) is 0 Å². The second-order valence-electron chi connectivity index (χ2n) is 4.13. The zero-order valence-corrected chi connectivity index (χ0v) is 11.5. The zero-order valence-electron chi connectivity index (χ0n) is 10.7. The van der Waals surface area contributed by atoms with Crippen LogP contribution >= 0.6 is 11.8 Å². The first-order valence-electron chi connectivity index (χ1n) is 5.83. The summed E-state index contributed by atoms with van der Waals surface area (Å²) in [5.41, 5.74) is 2.66. The largest absolute Gasteiger partial charge is 0.378 e. The fourth-order valence-electron chi connectivity index (χ4n) is 1.83. The number of benzene rings is 1. The standard InChI is InChI=1S/C13H15F2N3S/c1-9-7-10(18(2)17-9)8-16-11-5-3-4-6-12(11)19-13(14)15/h3-7,13,16H,8H2,1-2H3. The van der Waals surface area contributed by atoms with E-state index in [-0.39, 0.29) is 0 Å². The second-order valence-corrected chi connectivity index (χ2v) is 5.16. The third kappa shape index (κ3) is 3.70. The topological polar surface area (TPSA) is 29.9 Å².